The van der Waals surface area contributed by atoms with Crippen LogP contribution in [0.1, 0.15) is 13.3 Å². The fourth-order valence-corrected chi connectivity index (χ4v) is 0.767. The first kappa shape index (κ1) is 17.4. The number of carbonyl (C=O) groups excluding carboxylic acids is 1. The van der Waals surface area contributed by atoms with Gasteiger partial charge in [0.1, 0.15) is 5.92 Å². The van der Waals surface area contributed by atoms with Crippen molar-refractivity contribution >= 4 is 51.8 Å². The van der Waals surface area contributed by atoms with Crippen LogP contribution in [0.4, 0.5) is 0 Å². The molecule has 0 fully saturated rings. The van der Waals surface area contributed by atoms with Crippen LogP contribution in [-0.4, -0.2) is 36.0 Å². The molecule has 1 amide bonds. The van der Waals surface area contributed by atoms with Crippen LogP contribution in [-0.2, 0) is 19.1 Å². The summed E-state index contributed by atoms with van der Waals surface area (Å²) in [6.07, 6.45) is 0.340. The van der Waals surface area contributed by atoms with E-state index in [0.717, 1.165) is 0 Å². The van der Waals surface area contributed by atoms with Crippen LogP contribution in [0, 0.1) is 5.92 Å². The molecule has 14 heavy (non-hydrogen) atoms. The number of hydrogen-bond acceptors (Lipinski definition) is 2. The summed E-state index contributed by atoms with van der Waals surface area (Å²) in [5.41, 5.74) is 0. The van der Waals surface area contributed by atoms with Gasteiger partial charge in [0.2, 0.25) is 5.91 Å². The summed E-state index contributed by atoms with van der Waals surface area (Å²) in [6.45, 7) is 1.68. The van der Waals surface area contributed by atoms with Crippen molar-refractivity contribution in [2.75, 3.05) is 14.1 Å². The summed E-state index contributed by atoms with van der Waals surface area (Å²) >= 11 is 4.74. The third-order valence-corrected chi connectivity index (χ3v) is 1.45. The van der Waals surface area contributed by atoms with Gasteiger partial charge in [0.05, 0.1) is 0 Å². The molecule has 83 valence electrons. The van der Waals surface area contributed by atoms with Gasteiger partial charge in [0.25, 0.3) is 0 Å². The standard InChI is InChI=1S/C7H13NO3.2HI.V/c1-4-5(7(10)11)6(9)8(2)3;;;/h5H,4H2,1-3H3,(H,10,11);2*1H;/q;;;+2/p-2. The van der Waals surface area contributed by atoms with E-state index >= 15 is 0 Å². The number of rotatable bonds is 3. The molecule has 0 bridgehead atoms. The molecular weight excluding hydrogens is 451 g/mol. The topological polar surface area (TPSA) is 57.6 Å². The molecule has 0 radical (unpaired) electrons. The van der Waals surface area contributed by atoms with E-state index in [1.54, 1.807) is 21.0 Å². The number of carbonyl (C=O) groups is 2. The van der Waals surface area contributed by atoms with Gasteiger partial charge in [-0.05, 0) is 6.42 Å². The fourth-order valence-electron chi connectivity index (χ4n) is 0.767. The zero-order valence-electron chi connectivity index (χ0n) is 8.20. The van der Waals surface area contributed by atoms with Gasteiger partial charge in [-0.25, -0.2) is 0 Å². The molecule has 1 unspecified atom stereocenters. The minimum absolute atomic E-state index is 0.340. The summed E-state index contributed by atoms with van der Waals surface area (Å²) in [7, 11) is 3.73. The van der Waals surface area contributed by atoms with E-state index in [9.17, 15) is 9.59 Å². The van der Waals surface area contributed by atoms with E-state index in [-0.39, 0.29) is 5.91 Å². The molecule has 0 aliphatic rings. The maximum atomic E-state index is 11.1. The van der Waals surface area contributed by atoms with E-state index < -0.39 is 11.9 Å². The van der Waals surface area contributed by atoms with Crippen molar-refractivity contribution in [1.29, 1.82) is 0 Å². The quantitative estimate of drug-likeness (QED) is 0.514. The number of aliphatic carboxylic acids is 1. The molecule has 0 heterocycles. The third-order valence-electron chi connectivity index (χ3n) is 1.45. The van der Waals surface area contributed by atoms with Gasteiger partial charge in [-0.15, -0.1) is 0 Å². The number of hydrogen-bond donors (Lipinski definition) is 1. The van der Waals surface area contributed by atoms with Crippen molar-refractivity contribution in [2.45, 2.75) is 13.3 Å². The molecule has 0 aliphatic heterocycles. The van der Waals surface area contributed by atoms with Crippen LogP contribution in [0.2, 0.25) is 0 Å². The predicted octanol–water partition coefficient (Wildman–Crippen LogP) is 1.95. The van der Waals surface area contributed by atoms with Crippen LogP contribution in [0.3, 0.4) is 0 Å². The van der Waals surface area contributed by atoms with Gasteiger partial charge in [-0.1, -0.05) is 6.92 Å². The van der Waals surface area contributed by atoms with Crippen LogP contribution in [0.15, 0.2) is 0 Å². The van der Waals surface area contributed by atoms with Gasteiger partial charge in [0.15, 0.2) is 0 Å². The minimum atomic E-state index is -1.05. The van der Waals surface area contributed by atoms with Gasteiger partial charge in [-0.3, -0.25) is 9.59 Å². The first-order chi connectivity index (χ1) is 6.42. The van der Waals surface area contributed by atoms with Crippen LogP contribution < -0.4 is 0 Å². The molecule has 0 aromatic carbocycles. The van der Waals surface area contributed by atoms with Crippen molar-refractivity contribution in [3.8, 4) is 0 Å². The average Bonchev–Trinajstić information content (AvgIpc) is 2.05. The molecular formula is C7H13I2NO3V. The van der Waals surface area contributed by atoms with Crippen molar-refractivity contribution in [2.24, 2.45) is 5.92 Å². The Kier molecular flexibility index (Phi) is 13.0. The number of carboxylic acid groups (broad SMARTS) is 1. The SMILES string of the molecule is CCC(C(=O)O)C(=O)N(C)C.[I][V][I]. The van der Waals surface area contributed by atoms with Gasteiger partial charge < -0.3 is 10.0 Å². The van der Waals surface area contributed by atoms with Crippen LogP contribution >= 0.6 is 40.0 Å². The summed E-state index contributed by atoms with van der Waals surface area (Å²) in [4.78, 5) is 22.8. The Hall–Kier alpha value is 0.984. The van der Waals surface area contributed by atoms with Gasteiger partial charge in [0, 0.05) is 14.1 Å². The maximum absolute atomic E-state index is 11.1. The Morgan fingerprint density at radius 1 is 1.43 bits per heavy atom. The Balaban J connectivity index is 0. The normalized spacial score (nSPS) is 10.6. The average molecular weight is 464 g/mol. The third kappa shape index (κ3) is 8.31. The molecule has 4 nitrogen and oxygen atoms in total. The van der Waals surface area contributed by atoms with E-state index in [0.29, 0.717) is 15.9 Å². The molecule has 0 aliphatic carbocycles. The molecule has 7 heteroatoms. The number of halogens is 2. The molecule has 0 saturated heterocycles. The second-order valence-corrected chi connectivity index (χ2v) is 14.4. The van der Waals surface area contributed by atoms with E-state index in [1.165, 1.54) is 4.90 Å². The number of nitrogens with zero attached hydrogens (tertiary/aromatic N) is 1. The van der Waals surface area contributed by atoms with Crippen molar-refractivity contribution in [3.05, 3.63) is 0 Å². The summed E-state index contributed by atoms with van der Waals surface area (Å²) in [5, 5.41) is 8.55. The van der Waals surface area contributed by atoms with E-state index in [2.05, 4.69) is 40.0 Å². The van der Waals surface area contributed by atoms with Crippen molar-refractivity contribution < 1.29 is 24.2 Å². The fraction of sp³-hybridized carbons (Fsp3) is 0.714. The summed E-state index contributed by atoms with van der Waals surface area (Å²) in [5.74, 6) is -2.28. The molecule has 0 aromatic heterocycles. The first-order valence-electron chi connectivity index (χ1n) is 3.78. The summed E-state index contributed by atoms with van der Waals surface area (Å²) < 4.78 is 0. The first-order valence-corrected chi connectivity index (χ1v) is 12.8. The second kappa shape index (κ2) is 10.5. The molecule has 0 rings (SSSR count). The Labute approximate surface area is 113 Å². The molecule has 1 atom stereocenters. The van der Waals surface area contributed by atoms with E-state index in [1.807, 2.05) is 0 Å². The van der Waals surface area contributed by atoms with E-state index in [4.69, 9.17) is 5.11 Å². The van der Waals surface area contributed by atoms with Gasteiger partial charge >= 0.3 is 55.4 Å². The molecule has 0 aromatic rings. The second-order valence-electron chi connectivity index (χ2n) is 2.60. The molecule has 0 spiro atoms. The zero-order chi connectivity index (χ0) is 11.7. The Bertz CT molecular complexity index is 190. The molecule has 0 saturated carbocycles. The monoisotopic (exact) mass is 464 g/mol. The predicted molar refractivity (Wildman–Crippen MR) is 68.2 cm³/mol. The van der Waals surface area contributed by atoms with Crippen LogP contribution in [0.5, 0.6) is 0 Å². The zero-order valence-corrected chi connectivity index (χ0v) is 13.9. The van der Waals surface area contributed by atoms with Gasteiger partial charge in [-0.2, -0.15) is 0 Å². The Morgan fingerprint density at radius 3 is 1.86 bits per heavy atom. The van der Waals surface area contributed by atoms with Crippen molar-refractivity contribution in [1.82, 2.24) is 4.90 Å². The number of carboxylic acids is 1. The summed E-state index contributed by atoms with van der Waals surface area (Å²) in [6, 6.07) is 0. The number of amides is 1. The Morgan fingerprint density at radius 2 is 1.79 bits per heavy atom. The molecule has 1 N–H and O–H groups in total. The van der Waals surface area contributed by atoms with Crippen molar-refractivity contribution in [3.63, 3.8) is 0 Å². The van der Waals surface area contributed by atoms with Crippen LogP contribution in [0.25, 0.3) is 0 Å².